The van der Waals surface area contributed by atoms with Crippen LogP contribution in [0.4, 0.5) is 0 Å². The molecular weight excluding hydrogens is 280 g/mol. The first-order valence-corrected chi connectivity index (χ1v) is 8.25. The van der Waals surface area contributed by atoms with Crippen molar-refractivity contribution in [3.63, 3.8) is 0 Å². The van der Waals surface area contributed by atoms with Crippen molar-refractivity contribution in [2.24, 2.45) is 0 Å². The van der Waals surface area contributed by atoms with E-state index in [-0.39, 0.29) is 17.9 Å². The molecule has 1 N–H and O–H groups in total. The SMILES string of the molecule is Cc1ccncc1CN1CCS(=O)(=O)CC1CC(=O)O. The molecule has 20 heavy (non-hydrogen) atoms. The third kappa shape index (κ3) is 3.77. The maximum atomic E-state index is 11.7. The van der Waals surface area contributed by atoms with Gasteiger partial charge in [0.1, 0.15) is 0 Å². The number of carboxylic acids is 1. The monoisotopic (exact) mass is 298 g/mol. The molecule has 1 saturated heterocycles. The third-order valence-corrected chi connectivity index (χ3v) is 5.28. The molecule has 2 rings (SSSR count). The summed E-state index contributed by atoms with van der Waals surface area (Å²) in [5, 5.41) is 8.94. The van der Waals surface area contributed by atoms with E-state index < -0.39 is 21.8 Å². The summed E-state index contributed by atoms with van der Waals surface area (Å²) in [5.41, 5.74) is 2.07. The molecule has 1 atom stereocenters. The second-order valence-corrected chi connectivity index (χ2v) is 7.37. The van der Waals surface area contributed by atoms with Crippen molar-refractivity contribution in [2.45, 2.75) is 25.9 Å². The van der Waals surface area contributed by atoms with Gasteiger partial charge in [0.2, 0.25) is 0 Å². The van der Waals surface area contributed by atoms with Gasteiger partial charge in [-0.3, -0.25) is 14.7 Å². The molecule has 0 amide bonds. The first-order chi connectivity index (χ1) is 9.37. The maximum Gasteiger partial charge on any atom is 0.304 e. The van der Waals surface area contributed by atoms with E-state index in [0.717, 1.165) is 11.1 Å². The molecule has 1 fully saturated rings. The van der Waals surface area contributed by atoms with Crippen LogP contribution in [0.5, 0.6) is 0 Å². The number of hydrogen-bond donors (Lipinski definition) is 1. The smallest absolute Gasteiger partial charge is 0.304 e. The number of aryl methyl sites for hydroxylation is 1. The topological polar surface area (TPSA) is 87.6 Å². The molecule has 0 spiro atoms. The van der Waals surface area contributed by atoms with E-state index in [1.165, 1.54) is 0 Å². The summed E-state index contributed by atoms with van der Waals surface area (Å²) in [7, 11) is -3.13. The number of aliphatic carboxylic acids is 1. The van der Waals surface area contributed by atoms with Crippen molar-refractivity contribution >= 4 is 15.8 Å². The summed E-state index contributed by atoms with van der Waals surface area (Å²) in [6.07, 6.45) is 3.29. The van der Waals surface area contributed by atoms with Gasteiger partial charge in [-0.05, 0) is 24.1 Å². The first-order valence-electron chi connectivity index (χ1n) is 6.43. The lowest BCUT2D eigenvalue weighted by Gasteiger charge is -2.34. The van der Waals surface area contributed by atoms with E-state index in [1.807, 2.05) is 17.9 Å². The number of sulfone groups is 1. The van der Waals surface area contributed by atoms with Gasteiger partial charge in [0.05, 0.1) is 17.9 Å². The van der Waals surface area contributed by atoms with E-state index in [9.17, 15) is 13.2 Å². The Kier molecular flexibility index (Phi) is 4.39. The van der Waals surface area contributed by atoms with Crippen LogP contribution < -0.4 is 0 Å². The average Bonchev–Trinajstić information content (AvgIpc) is 2.34. The van der Waals surface area contributed by atoms with E-state index in [1.54, 1.807) is 12.4 Å². The summed E-state index contributed by atoms with van der Waals surface area (Å²) in [4.78, 5) is 16.9. The molecular formula is C13H18N2O4S. The van der Waals surface area contributed by atoms with Gasteiger partial charge < -0.3 is 5.11 Å². The summed E-state index contributed by atoms with van der Waals surface area (Å²) in [5.74, 6) is -0.971. The normalized spacial score (nSPS) is 22.6. The van der Waals surface area contributed by atoms with Gasteiger partial charge in [0.25, 0.3) is 0 Å². The predicted octanol–water partition coefficient (Wildman–Crippen LogP) is 0.464. The van der Waals surface area contributed by atoms with Crippen molar-refractivity contribution in [1.82, 2.24) is 9.88 Å². The van der Waals surface area contributed by atoms with Crippen LogP contribution in [0.15, 0.2) is 18.5 Å². The van der Waals surface area contributed by atoms with Gasteiger partial charge in [-0.1, -0.05) is 0 Å². The number of carbonyl (C=O) groups is 1. The Balaban J connectivity index is 2.16. The van der Waals surface area contributed by atoms with Gasteiger partial charge in [-0.15, -0.1) is 0 Å². The number of carboxylic acid groups (broad SMARTS) is 1. The van der Waals surface area contributed by atoms with Crippen LogP contribution in [0.25, 0.3) is 0 Å². The Morgan fingerprint density at radius 1 is 1.55 bits per heavy atom. The van der Waals surface area contributed by atoms with Crippen LogP contribution >= 0.6 is 0 Å². The quantitative estimate of drug-likeness (QED) is 0.869. The molecule has 0 saturated carbocycles. The van der Waals surface area contributed by atoms with Crippen molar-refractivity contribution in [1.29, 1.82) is 0 Å². The Hall–Kier alpha value is -1.47. The lowest BCUT2D eigenvalue weighted by Crippen LogP contribution is -2.48. The highest BCUT2D eigenvalue weighted by Gasteiger charge is 2.32. The molecule has 1 unspecified atom stereocenters. The van der Waals surface area contributed by atoms with E-state index in [2.05, 4.69) is 4.98 Å². The fourth-order valence-electron chi connectivity index (χ4n) is 2.40. The highest BCUT2D eigenvalue weighted by Crippen LogP contribution is 2.19. The minimum absolute atomic E-state index is 0.0847. The number of rotatable bonds is 4. The average molecular weight is 298 g/mol. The van der Waals surface area contributed by atoms with Crippen LogP contribution in [0.1, 0.15) is 17.5 Å². The number of pyridine rings is 1. The molecule has 1 aliphatic heterocycles. The zero-order chi connectivity index (χ0) is 14.8. The molecule has 1 aliphatic rings. The van der Waals surface area contributed by atoms with Crippen molar-refractivity contribution in [2.75, 3.05) is 18.1 Å². The molecule has 2 heterocycles. The van der Waals surface area contributed by atoms with Crippen LogP contribution in [0.2, 0.25) is 0 Å². The summed E-state index contributed by atoms with van der Waals surface area (Å²) in [6.45, 7) is 2.87. The predicted molar refractivity (Wildman–Crippen MR) is 74.1 cm³/mol. The highest BCUT2D eigenvalue weighted by atomic mass is 32.2. The van der Waals surface area contributed by atoms with Gasteiger partial charge in [-0.25, -0.2) is 8.42 Å². The molecule has 0 radical (unpaired) electrons. The van der Waals surface area contributed by atoms with Gasteiger partial charge >= 0.3 is 5.97 Å². The minimum Gasteiger partial charge on any atom is -0.481 e. The van der Waals surface area contributed by atoms with Crippen LogP contribution in [0.3, 0.4) is 0 Å². The van der Waals surface area contributed by atoms with Crippen molar-refractivity contribution < 1.29 is 18.3 Å². The Morgan fingerprint density at radius 2 is 2.30 bits per heavy atom. The van der Waals surface area contributed by atoms with Gasteiger partial charge in [0, 0.05) is 31.5 Å². The van der Waals surface area contributed by atoms with Crippen LogP contribution in [0, 0.1) is 6.92 Å². The number of nitrogens with zero attached hydrogens (tertiary/aromatic N) is 2. The van der Waals surface area contributed by atoms with E-state index >= 15 is 0 Å². The zero-order valence-corrected chi connectivity index (χ0v) is 12.1. The van der Waals surface area contributed by atoms with Crippen molar-refractivity contribution in [3.8, 4) is 0 Å². The number of hydrogen-bond acceptors (Lipinski definition) is 5. The maximum absolute atomic E-state index is 11.7. The molecule has 0 aromatic carbocycles. The molecule has 6 nitrogen and oxygen atoms in total. The standard InChI is InChI=1S/C13H18N2O4S/c1-10-2-3-14-7-11(10)8-15-4-5-20(18,19)9-12(15)6-13(16)17/h2-3,7,12H,4-6,8-9H2,1H3,(H,16,17). The van der Waals surface area contributed by atoms with E-state index in [4.69, 9.17) is 5.11 Å². The van der Waals surface area contributed by atoms with Gasteiger partial charge in [0.15, 0.2) is 9.84 Å². The number of aromatic nitrogens is 1. The molecule has 0 aliphatic carbocycles. The van der Waals surface area contributed by atoms with Crippen LogP contribution in [-0.2, 0) is 21.2 Å². The molecule has 7 heteroatoms. The first kappa shape index (κ1) is 14.9. The lowest BCUT2D eigenvalue weighted by molar-refractivity contribution is -0.138. The fraction of sp³-hybridized carbons (Fsp3) is 0.538. The fourth-order valence-corrected chi connectivity index (χ4v) is 3.99. The Labute approximate surface area is 118 Å². The Morgan fingerprint density at radius 3 is 2.95 bits per heavy atom. The van der Waals surface area contributed by atoms with Crippen LogP contribution in [-0.4, -0.2) is 53.5 Å². The molecule has 1 aromatic rings. The minimum atomic E-state index is -3.13. The summed E-state index contributed by atoms with van der Waals surface area (Å²) in [6, 6.07) is 1.42. The van der Waals surface area contributed by atoms with E-state index in [0.29, 0.717) is 13.1 Å². The third-order valence-electron chi connectivity index (χ3n) is 3.58. The van der Waals surface area contributed by atoms with Crippen molar-refractivity contribution in [3.05, 3.63) is 29.6 Å². The molecule has 1 aromatic heterocycles. The summed E-state index contributed by atoms with van der Waals surface area (Å²) < 4.78 is 23.4. The summed E-state index contributed by atoms with van der Waals surface area (Å²) >= 11 is 0. The second-order valence-electron chi connectivity index (χ2n) is 5.14. The Bertz CT molecular complexity index is 600. The lowest BCUT2D eigenvalue weighted by atomic mass is 10.1. The molecule has 0 bridgehead atoms. The van der Waals surface area contributed by atoms with Gasteiger partial charge in [-0.2, -0.15) is 0 Å². The largest absolute Gasteiger partial charge is 0.481 e. The zero-order valence-electron chi connectivity index (χ0n) is 11.3. The second kappa shape index (κ2) is 5.88. The highest BCUT2D eigenvalue weighted by molar-refractivity contribution is 7.91. The molecule has 110 valence electrons.